The lowest BCUT2D eigenvalue weighted by Gasteiger charge is -2.38. The highest BCUT2D eigenvalue weighted by molar-refractivity contribution is 5.01. The van der Waals surface area contributed by atoms with Crippen molar-refractivity contribution in [2.45, 2.75) is 45.1 Å². The molecular weight excluding hydrogens is 174 g/mol. The van der Waals surface area contributed by atoms with Crippen LogP contribution in [0.15, 0.2) is 0 Å². The second-order valence-electron chi connectivity index (χ2n) is 5.40. The predicted molar refractivity (Wildman–Crippen MR) is 58.0 cm³/mol. The third-order valence-electron chi connectivity index (χ3n) is 4.61. The molecule has 2 N–H and O–H groups in total. The first-order chi connectivity index (χ1) is 6.70. The molecule has 2 saturated carbocycles. The summed E-state index contributed by atoms with van der Waals surface area (Å²) < 4.78 is 5.39. The lowest BCUT2D eigenvalue weighted by Crippen LogP contribution is -2.38. The topological polar surface area (TPSA) is 35.2 Å². The average molecular weight is 197 g/mol. The van der Waals surface area contributed by atoms with Crippen molar-refractivity contribution in [3.63, 3.8) is 0 Å². The van der Waals surface area contributed by atoms with Crippen molar-refractivity contribution in [2.75, 3.05) is 13.7 Å². The van der Waals surface area contributed by atoms with Gasteiger partial charge in [0.1, 0.15) is 0 Å². The smallest absolute Gasteiger partial charge is 0.0549 e. The van der Waals surface area contributed by atoms with Crippen molar-refractivity contribution in [1.82, 2.24) is 0 Å². The van der Waals surface area contributed by atoms with E-state index in [9.17, 15) is 0 Å². The predicted octanol–water partition coefficient (Wildman–Crippen LogP) is 2.18. The summed E-state index contributed by atoms with van der Waals surface area (Å²) in [6, 6.07) is 0. The van der Waals surface area contributed by atoms with Crippen LogP contribution < -0.4 is 5.73 Å². The highest BCUT2D eigenvalue weighted by atomic mass is 16.5. The molecule has 2 heteroatoms. The number of ether oxygens (including phenoxy) is 1. The van der Waals surface area contributed by atoms with Crippen molar-refractivity contribution in [3.05, 3.63) is 0 Å². The molecule has 2 aliphatic rings. The van der Waals surface area contributed by atoms with Gasteiger partial charge in [-0.15, -0.1) is 0 Å². The van der Waals surface area contributed by atoms with E-state index in [0.29, 0.717) is 11.5 Å². The molecule has 2 aliphatic carbocycles. The van der Waals surface area contributed by atoms with Gasteiger partial charge < -0.3 is 10.5 Å². The van der Waals surface area contributed by atoms with Crippen LogP contribution in [-0.4, -0.2) is 19.8 Å². The summed E-state index contributed by atoms with van der Waals surface area (Å²) >= 11 is 0. The van der Waals surface area contributed by atoms with Crippen molar-refractivity contribution >= 4 is 0 Å². The monoisotopic (exact) mass is 197 g/mol. The second-order valence-corrected chi connectivity index (χ2v) is 5.40. The Balaban J connectivity index is 2.03. The molecular formula is C12H23NO. The maximum atomic E-state index is 6.00. The zero-order valence-electron chi connectivity index (χ0n) is 9.46. The first-order valence-corrected chi connectivity index (χ1v) is 5.93. The molecule has 2 bridgehead atoms. The lowest BCUT2D eigenvalue weighted by molar-refractivity contribution is 0.0403. The van der Waals surface area contributed by atoms with E-state index in [1.807, 2.05) is 7.11 Å². The van der Waals surface area contributed by atoms with Gasteiger partial charge in [-0.1, -0.05) is 6.42 Å². The van der Waals surface area contributed by atoms with Crippen LogP contribution in [0.2, 0.25) is 0 Å². The molecule has 0 amide bonds. The minimum atomic E-state index is 0.373. The van der Waals surface area contributed by atoms with Crippen molar-refractivity contribution in [1.29, 1.82) is 0 Å². The van der Waals surface area contributed by atoms with E-state index in [4.69, 9.17) is 10.5 Å². The zero-order valence-corrected chi connectivity index (χ0v) is 9.46. The van der Waals surface area contributed by atoms with Gasteiger partial charge in [0.2, 0.25) is 0 Å². The standard InChI is InChI=1S/C12H23NO/c1-9(14-2)6-12(8-13)7-10-3-4-11(12)5-10/h9-11H,3-8,13H2,1-2H3. The molecule has 0 heterocycles. The van der Waals surface area contributed by atoms with E-state index >= 15 is 0 Å². The van der Waals surface area contributed by atoms with Crippen LogP contribution in [0.1, 0.15) is 39.0 Å². The number of methoxy groups -OCH3 is 1. The minimum Gasteiger partial charge on any atom is -0.382 e. The Bertz CT molecular complexity index is 206. The molecule has 0 spiro atoms. The van der Waals surface area contributed by atoms with Gasteiger partial charge in [-0.05, 0) is 56.4 Å². The normalized spacial score (nSPS) is 43.1. The number of hydrogen-bond acceptors (Lipinski definition) is 2. The zero-order chi connectivity index (χ0) is 10.2. The SMILES string of the molecule is COC(C)CC1(CN)CC2CCC1C2. The molecule has 82 valence electrons. The Hall–Kier alpha value is -0.0800. The molecule has 0 saturated heterocycles. The summed E-state index contributed by atoms with van der Waals surface area (Å²) in [5.74, 6) is 1.88. The fourth-order valence-corrected chi connectivity index (χ4v) is 3.80. The van der Waals surface area contributed by atoms with Gasteiger partial charge in [0.15, 0.2) is 0 Å². The number of hydrogen-bond donors (Lipinski definition) is 1. The molecule has 0 radical (unpaired) electrons. The van der Waals surface area contributed by atoms with Crippen LogP contribution in [0, 0.1) is 17.3 Å². The Morgan fingerprint density at radius 3 is 2.71 bits per heavy atom. The second kappa shape index (κ2) is 3.82. The quantitative estimate of drug-likeness (QED) is 0.749. The van der Waals surface area contributed by atoms with Crippen LogP contribution in [0.5, 0.6) is 0 Å². The molecule has 2 rings (SSSR count). The molecule has 2 nitrogen and oxygen atoms in total. The van der Waals surface area contributed by atoms with Crippen LogP contribution in [-0.2, 0) is 4.74 Å². The fraction of sp³-hybridized carbons (Fsp3) is 1.00. The summed E-state index contributed by atoms with van der Waals surface area (Å²) in [6.45, 7) is 3.03. The van der Waals surface area contributed by atoms with Crippen molar-refractivity contribution < 1.29 is 4.74 Å². The molecule has 0 aromatic heterocycles. The van der Waals surface area contributed by atoms with Crippen LogP contribution >= 0.6 is 0 Å². The summed E-state index contributed by atoms with van der Waals surface area (Å²) in [5, 5.41) is 0. The van der Waals surface area contributed by atoms with Gasteiger partial charge in [0, 0.05) is 7.11 Å². The molecule has 2 fully saturated rings. The highest BCUT2D eigenvalue weighted by Crippen LogP contribution is 2.57. The third-order valence-corrected chi connectivity index (χ3v) is 4.61. The van der Waals surface area contributed by atoms with Gasteiger partial charge >= 0.3 is 0 Å². The van der Waals surface area contributed by atoms with E-state index in [2.05, 4.69) is 6.92 Å². The van der Waals surface area contributed by atoms with Gasteiger partial charge in [-0.2, -0.15) is 0 Å². The summed E-state index contributed by atoms with van der Waals surface area (Å²) in [5.41, 5.74) is 6.43. The van der Waals surface area contributed by atoms with Crippen LogP contribution in [0.4, 0.5) is 0 Å². The van der Waals surface area contributed by atoms with Crippen molar-refractivity contribution in [3.8, 4) is 0 Å². The lowest BCUT2D eigenvalue weighted by atomic mass is 9.70. The molecule has 4 atom stereocenters. The van der Waals surface area contributed by atoms with Gasteiger partial charge in [0.25, 0.3) is 0 Å². The number of nitrogens with two attached hydrogens (primary N) is 1. The first-order valence-electron chi connectivity index (χ1n) is 5.93. The van der Waals surface area contributed by atoms with Gasteiger partial charge in [-0.3, -0.25) is 0 Å². The Morgan fingerprint density at radius 2 is 2.29 bits per heavy atom. The number of rotatable bonds is 4. The largest absolute Gasteiger partial charge is 0.382 e. The van der Waals surface area contributed by atoms with E-state index in [1.165, 1.54) is 32.1 Å². The van der Waals surface area contributed by atoms with Crippen LogP contribution in [0.25, 0.3) is 0 Å². The van der Waals surface area contributed by atoms with Gasteiger partial charge in [-0.25, -0.2) is 0 Å². The molecule has 0 aliphatic heterocycles. The molecule has 4 unspecified atom stereocenters. The summed E-state index contributed by atoms with van der Waals surface area (Å²) in [6.07, 6.45) is 7.21. The maximum Gasteiger partial charge on any atom is 0.0549 e. The van der Waals surface area contributed by atoms with E-state index in [-0.39, 0.29) is 0 Å². The molecule has 0 aromatic carbocycles. The minimum absolute atomic E-state index is 0.373. The van der Waals surface area contributed by atoms with Gasteiger partial charge in [0.05, 0.1) is 6.10 Å². The Labute approximate surface area is 87.2 Å². The fourth-order valence-electron chi connectivity index (χ4n) is 3.80. The first kappa shape index (κ1) is 10.4. The summed E-state index contributed by atoms with van der Waals surface area (Å²) in [4.78, 5) is 0. The maximum absolute atomic E-state index is 6.00. The van der Waals surface area contributed by atoms with E-state index in [0.717, 1.165) is 18.4 Å². The summed E-state index contributed by atoms with van der Waals surface area (Å²) in [7, 11) is 1.81. The van der Waals surface area contributed by atoms with Crippen molar-refractivity contribution in [2.24, 2.45) is 23.0 Å². The Morgan fingerprint density at radius 1 is 1.50 bits per heavy atom. The van der Waals surface area contributed by atoms with Crippen LogP contribution in [0.3, 0.4) is 0 Å². The number of fused-ring (bicyclic) bond motifs is 2. The van der Waals surface area contributed by atoms with E-state index < -0.39 is 0 Å². The average Bonchev–Trinajstić information content (AvgIpc) is 2.77. The molecule has 0 aromatic rings. The Kier molecular flexibility index (Phi) is 2.85. The molecule has 14 heavy (non-hydrogen) atoms. The van der Waals surface area contributed by atoms with E-state index in [1.54, 1.807) is 0 Å². The third kappa shape index (κ3) is 1.59. The highest BCUT2D eigenvalue weighted by Gasteiger charge is 2.50.